The molecule has 0 atom stereocenters. The van der Waals surface area contributed by atoms with E-state index < -0.39 is 0 Å². The second-order valence-electron chi connectivity index (χ2n) is 7.92. The lowest BCUT2D eigenvalue weighted by Gasteiger charge is -2.10. The number of para-hydroxylation sites is 1. The summed E-state index contributed by atoms with van der Waals surface area (Å²) in [5.74, 6) is 1.86. The normalized spacial score (nSPS) is 11.0. The summed E-state index contributed by atoms with van der Waals surface area (Å²) in [6.07, 6.45) is 4.95. The Balaban J connectivity index is 1.24. The number of hydrogen-bond donors (Lipinski definition) is 1. The molecule has 1 amide bonds. The monoisotopic (exact) mass is 540 g/mol. The fourth-order valence-electron chi connectivity index (χ4n) is 3.50. The van der Waals surface area contributed by atoms with E-state index in [2.05, 4.69) is 25.7 Å². The van der Waals surface area contributed by atoms with E-state index in [4.69, 9.17) is 16.3 Å². The molecule has 0 saturated carbocycles. The van der Waals surface area contributed by atoms with Crippen LogP contribution in [-0.4, -0.2) is 37.6 Å². The van der Waals surface area contributed by atoms with Crippen molar-refractivity contribution in [3.8, 4) is 28.6 Å². The quantitative estimate of drug-likeness (QED) is 0.140. The molecule has 0 radical (unpaired) electrons. The minimum absolute atomic E-state index is 0.0938. The smallest absolute Gasteiger partial charge is 0.250 e. The van der Waals surface area contributed by atoms with E-state index in [0.717, 1.165) is 22.6 Å². The lowest BCUT2D eigenvalue weighted by atomic mass is 10.2. The van der Waals surface area contributed by atoms with Crippen LogP contribution in [0.5, 0.6) is 11.5 Å². The molecule has 5 aromatic rings. The molecule has 0 aliphatic heterocycles. The molecule has 0 unspecified atom stereocenters. The van der Waals surface area contributed by atoms with Gasteiger partial charge >= 0.3 is 0 Å². The van der Waals surface area contributed by atoms with Gasteiger partial charge in [0.25, 0.3) is 5.91 Å². The molecule has 1 N–H and O–H groups in total. The van der Waals surface area contributed by atoms with Gasteiger partial charge in [0.2, 0.25) is 0 Å². The van der Waals surface area contributed by atoms with Gasteiger partial charge in [-0.05, 0) is 66.2 Å². The third-order valence-corrected chi connectivity index (χ3v) is 6.41. The van der Waals surface area contributed by atoms with Crippen molar-refractivity contribution in [1.29, 1.82) is 0 Å². The second kappa shape index (κ2) is 12.2. The second-order valence-corrected chi connectivity index (χ2v) is 9.30. The first-order chi connectivity index (χ1) is 18.7. The van der Waals surface area contributed by atoms with Crippen molar-refractivity contribution in [2.24, 2.45) is 5.10 Å². The number of hydrazone groups is 1. The molecule has 8 nitrogen and oxygen atoms in total. The van der Waals surface area contributed by atoms with E-state index in [1.165, 1.54) is 11.8 Å². The van der Waals surface area contributed by atoms with E-state index in [0.29, 0.717) is 21.8 Å². The topological polar surface area (TPSA) is 94.3 Å². The predicted octanol–water partition coefficient (Wildman–Crippen LogP) is 6.02. The van der Waals surface area contributed by atoms with Gasteiger partial charge in [0.05, 0.1) is 12.0 Å². The van der Waals surface area contributed by atoms with Gasteiger partial charge in [-0.1, -0.05) is 53.7 Å². The maximum atomic E-state index is 12.5. The third kappa shape index (κ3) is 6.44. The summed E-state index contributed by atoms with van der Waals surface area (Å²) < 4.78 is 7.72. The number of benzene rings is 3. The Bertz CT molecular complexity index is 1540. The number of amides is 1. The van der Waals surface area contributed by atoms with E-state index in [1.54, 1.807) is 30.7 Å². The van der Waals surface area contributed by atoms with E-state index in [-0.39, 0.29) is 11.7 Å². The Morgan fingerprint density at radius 3 is 2.50 bits per heavy atom. The lowest BCUT2D eigenvalue weighted by molar-refractivity contribution is -0.118. The van der Waals surface area contributed by atoms with Crippen molar-refractivity contribution in [2.45, 2.75) is 5.16 Å². The molecule has 2 aromatic heterocycles. The van der Waals surface area contributed by atoms with Crippen LogP contribution in [0, 0.1) is 0 Å². The van der Waals surface area contributed by atoms with Gasteiger partial charge in [-0.25, -0.2) is 5.43 Å². The summed E-state index contributed by atoms with van der Waals surface area (Å²) in [5.41, 5.74) is 5.02. The van der Waals surface area contributed by atoms with Crippen LogP contribution in [-0.2, 0) is 4.79 Å². The molecule has 10 heteroatoms. The van der Waals surface area contributed by atoms with Crippen LogP contribution in [0.3, 0.4) is 0 Å². The van der Waals surface area contributed by atoms with Gasteiger partial charge < -0.3 is 4.74 Å². The van der Waals surface area contributed by atoms with Crippen molar-refractivity contribution < 1.29 is 9.53 Å². The number of nitrogens with one attached hydrogen (secondary N) is 1. The molecule has 0 bridgehead atoms. The van der Waals surface area contributed by atoms with Crippen LogP contribution in [0.2, 0.25) is 5.02 Å². The van der Waals surface area contributed by atoms with Gasteiger partial charge in [-0.15, -0.1) is 10.2 Å². The van der Waals surface area contributed by atoms with Gasteiger partial charge in [0, 0.05) is 28.7 Å². The Hall–Kier alpha value is -4.47. The van der Waals surface area contributed by atoms with Crippen LogP contribution in [0.4, 0.5) is 0 Å². The molecule has 0 aliphatic rings. The van der Waals surface area contributed by atoms with Crippen LogP contribution in [0.15, 0.2) is 114 Å². The average molecular weight is 541 g/mol. The summed E-state index contributed by atoms with van der Waals surface area (Å²) in [6.45, 7) is 0. The number of carbonyl (C=O) groups is 1. The standard InChI is InChI=1S/C28H21ClN6O2S/c29-22-9-11-23(12-10-22)35-27(21-13-15-30-16-14-21)33-34-28(35)38-19-26(36)32-31-18-20-5-4-8-25(17-20)37-24-6-2-1-3-7-24/h1-18H,19H2,(H,32,36). The number of ether oxygens (including phenoxy) is 1. The molecular weight excluding hydrogens is 520 g/mol. The highest BCUT2D eigenvalue weighted by atomic mass is 35.5. The fourth-order valence-corrected chi connectivity index (χ4v) is 4.37. The van der Waals surface area contributed by atoms with Crippen LogP contribution in [0.25, 0.3) is 17.1 Å². The number of carbonyl (C=O) groups excluding carboxylic acids is 1. The molecule has 0 saturated heterocycles. The zero-order chi connectivity index (χ0) is 26.2. The number of pyridine rings is 1. The molecule has 0 fully saturated rings. The summed E-state index contributed by atoms with van der Waals surface area (Å²) in [4.78, 5) is 16.6. The largest absolute Gasteiger partial charge is 0.457 e. The van der Waals surface area contributed by atoms with Crippen molar-refractivity contribution in [1.82, 2.24) is 25.2 Å². The molecular formula is C28H21ClN6O2S. The molecule has 38 heavy (non-hydrogen) atoms. The first-order valence-corrected chi connectivity index (χ1v) is 12.9. The lowest BCUT2D eigenvalue weighted by Crippen LogP contribution is -2.20. The number of halogens is 1. The van der Waals surface area contributed by atoms with Gasteiger partial charge in [-0.3, -0.25) is 14.3 Å². The molecule has 0 spiro atoms. The SMILES string of the molecule is O=C(CSc1nnc(-c2ccncc2)n1-c1ccc(Cl)cc1)NN=Cc1cccc(Oc2ccccc2)c1. The maximum Gasteiger partial charge on any atom is 0.250 e. The first-order valence-electron chi connectivity index (χ1n) is 11.6. The van der Waals surface area contributed by atoms with Crippen molar-refractivity contribution in [3.05, 3.63) is 114 Å². The number of thioether (sulfide) groups is 1. The summed E-state index contributed by atoms with van der Waals surface area (Å²) in [6, 6.07) is 28.0. The Kier molecular flexibility index (Phi) is 8.07. The third-order valence-electron chi connectivity index (χ3n) is 5.23. The first kappa shape index (κ1) is 25.2. The zero-order valence-electron chi connectivity index (χ0n) is 19.9. The predicted molar refractivity (Wildman–Crippen MR) is 149 cm³/mol. The van der Waals surface area contributed by atoms with E-state index in [1.807, 2.05) is 83.4 Å². The fraction of sp³-hybridized carbons (Fsp3) is 0.0357. The summed E-state index contributed by atoms with van der Waals surface area (Å²) in [5, 5.41) is 14.0. The van der Waals surface area contributed by atoms with Crippen LogP contribution in [0.1, 0.15) is 5.56 Å². The number of hydrogen-bond acceptors (Lipinski definition) is 7. The minimum atomic E-state index is -0.279. The Morgan fingerprint density at radius 1 is 0.947 bits per heavy atom. The number of aromatic nitrogens is 4. The average Bonchev–Trinajstić information content (AvgIpc) is 3.38. The van der Waals surface area contributed by atoms with Gasteiger partial charge in [0.15, 0.2) is 11.0 Å². The van der Waals surface area contributed by atoms with Gasteiger partial charge in [0.1, 0.15) is 11.5 Å². The van der Waals surface area contributed by atoms with Crippen molar-refractivity contribution >= 4 is 35.5 Å². The molecule has 3 aromatic carbocycles. The summed E-state index contributed by atoms with van der Waals surface area (Å²) >= 11 is 7.34. The van der Waals surface area contributed by atoms with Crippen molar-refractivity contribution in [2.75, 3.05) is 5.75 Å². The van der Waals surface area contributed by atoms with Crippen LogP contribution < -0.4 is 10.2 Å². The number of nitrogens with zero attached hydrogens (tertiary/aromatic N) is 5. The molecule has 5 rings (SSSR count). The van der Waals surface area contributed by atoms with Gasteiger partial charge in [-0.2, -0.15) is 5.10 Å². The Morgan fingerprint density at radius 2 is 1.71 bits per heavy atom. The number of rotatable bonds is 9. The van der Waals surface area contributed by atoms with Crippen molar-refractivity contribution in [3.63, 3.8) is 0 Å². The highest BCUT2D eigenvalue weighted by molar-refractivity contribution is 7.99. The van der Waals surface area contributed by atoms with E-state index in [9.17, 15) is 4.79 Å². The minimum Gasteiger partial charge on any atom is -0.457 e. The summed E-state index contributed by atoms with van der Waals surface area (Å²) in [7, 11) is 0. The Labute approximate surface area is 228 Å². The van der Waals surface area contributed by atoms with Crippen LogP contribution >= 0.6 is 23.4 Å². The highest BCUT2D eigenvalue weighted by Gasteiger charge is 2.17. The highest BCUT2D eigenvalue weighted by Crippen LogP contribution is 2.28. The van der Waals surface area contributed by atoms with E-state index >= 15 is 0 Å². The zero-order valence-corrected chi connectivity index (χ0v) is 21.5. The molecule has 0 aliphatic carbocycles. The molecule has 188 valence electrons. The maximum absolute atomic E-state index is 12.5. The molecule has 2 heterocycles.